The summed E-state index contributed by atoms with van der Waals surface area (Å²) in [5.41, 5.74) is 0. The van der Waals surface area contributed by atoms with E-state index in [1.807, 2.05) is 0 Å². The lowest BCUT2D eigenvalue weighted by molar-refractivity contribution is -0.138. The number of hydrogen-bond donors (Lipinski definition) is 3. The number of carbonyl (C=O) groups is 3. The summed E-state index contributed by atoms with van der Waals surface area (Å²) in [7, 11) is 0. The molecule has 0 aliphatic heterocycles. The highest BCUT2D eigenvalue weighted by Gasteiger charge is 2.27. The molecule has 0 radical (unpaired) electrons. The Morgan fingerprint density at radius 1 is 1.05 bits per heavy atom. The lowest BCUT2D eigenvalue weighted by Crippen LogP contribution is -2.43. The summed E-state index contributed by atoms with van der Waals surface area (Å²) >= 11 is 4.36. The van der Waals surface area contributed by atoms with Crippen LogP contribution in [0.15, 0.2) is 15.9 Å². The summed E-state index contributed by atoms with van der Waals surface area (Å²) in [5.74, 6) is -2.13. The maximum Gasteiger partial charge on any atom is 0.405 e. The Hall–Kier alpha value is -1.62. The standard InChI is InChI=1S/C11H11BrF3N3O3S/c12-7-2-1-6(22-7)10(21)17-4-8(19)16-3-9(20)18-5-11(13,14)15/h1-2H,3-5H2,(H,16,19)(H,17,21)(H,18,20). The molecule has 0 saturated heterocycles. The molecule has 0 unspecified atom stereocenters. The second-order valence-electron chi connectivity index (χ2n) is 3.96. The van der Waals surface area contributed by atoms with Crippen LogP contribution in [0.1, 0.15) is 9.67 Å². The largest absolute Gasteiger partial charge is 0.405 e. The molecule has 1 aromatic rings. The molecule has 0 aliphatic rings. The van der Waals surface area contributed by atoms with E-state index in [9.17, 15) is 27.6 Å². The maximum absolute atomic E-state index is 11.8. The Kier molecular flexibility index (Phi) is 6.81. The number of rotatable bonds is 6. The van der Waals surface area contributed by atoms with Crippen LogP contribution in [0.4, 0.5) is 13.2 Å². The number of thiophene rings is 1. The van der Waals surface area contributed by atoms with E-state index in [4.69, 9.17) is 0 Å². The zero-order valence-corrected chi connectivity index (χ0v) is 13.3. The highest BCUT2D eigenvalue weighted by Crippen LogP contribution is 2.21. The summed E-state index contributed by atoms with van der Waals surface area (Å²) in [6.45, 7) is -2.46. The van der Waals surface area contributed by atoms with Crippen LogP contribution in [0.5, 0.6) is 0 Å². The number of hydrogen-bond acceptors (Lipinski definition) is 4. The first kappa shape index (κ1) is 18.4. The molecule has 0 atom stereocenters. The Balaban J connectivity index is 2.23. The van der Waals surface area contributed by atoms with Crippen LogP contribution >= 0.6 is 27.3 Å². The molecule has 6 nitrogen and oxygen atoms in total. The molecule has 0 saturated carbocycles. The van der Waals surface area contributed by atoms with E-state index in [2.05, 4.69) is 26.6 Å². The van der Waals surface area contributed by atoms with E-state index >= 15 is 0 Å². The third kappa shape index (κ3) is 7.41. The van der Waals surface area contributed by atoms with Crippen molar-refractivity contribution < 1.29 is 27.6 Å². The molecular formula is C11H11BrF3N3O3S. The smallest absolute Gasteiger partial charge is 0.346 e. The topological polar surface area (TPSA) is 87.3 Å². The first-order valence-electron chi connectivity index (χ1n) is 5.81. The Morgan fingerprint density at radius 2 is 1.64 bits per heavy atom. The molecule has 122 valence electrons. The van der Waals surface area contributed by atoms with Gasteiger partial charge in [-0.1, -0.05) is 0 Å². The number of halogens is 4. The lowest BCUT2D eigenvalue weighted by atomic mass is 10.4. The Labute approximate surface area is 135 Å². The van der Waals surface area contributed by atoms with Gasteiger partial charge in [0.25, 0.3) is 5.91 Å². The zero-order valence-electron chi connectivity index (χ0n) is 10.9. The monoisotopic (exact) mass is 401 g/mol. The van der Waals surface area contributed by atoms with Crippen LogP contribution < -0.4 is 16.0 Å². The summed E-state index contributed by atoms with van der Waals surface area (Å²) in [6, 6.07) is 3.23. The van der Waals surface area contributed by atoms with Crippen LogP contribution in [0.25, 0.3) is 0 Å². The predicted octanol–water partition coefficient (Wildman–Crippen LogP) is 1.04. The van der Waals surface area contributed by atoms with Gasteiger partial charge in [-0.3, -0.25) is 14.4 Å². The molecule has 1 rings (SSSR count). The lowest BCUT2D eigenvalue weighted by Gasteiger charge is -2.09. The van der Waals surface area contributed by atoms with E-state index < -0.39 is 37.0 Å². The summed E-state index contributed by atoms with van der Waals surface area (Å²) in [5, 5.41) is 6.01. The highest BCUT2D eigenvalue weighted by molar-refractivity contribution is 9.11. The number of carbonyl (C=O) groups excluding carboxylic acids is 3. The minimum Gasteiger partial charge on any atom is -0.346 e. The molecule has 3 N–H and O–H groups in total. The average Bonchev–Trinajstić information content (AvgIpc) is 2.86. The summed E-state index contributed by atoms with van der Waals surface area (Å²) in [6.07, 6.45) is -4.51. The predicted molar refractivity (Wildman–Crippen MR) is 76.4 cm³/mol. The molecule has 3 amide bonds. The van der Waals surface area contributed by atoms with Gasteiger partial charge in [-0.25, -0.2) is 0 Å². The minimum absolute atomic E-state index is 0.388. The van der Waals surface area contributed by atoms with Gasteiger partial charge in [0.05, 0.1) is 21.8 Å². The second-order valence-corrected chi connectivity index (χ2v) is 6.42. The fourth-order valence-electron chi connectivity index (χ4n) is 1.19. The van der Waals surface area contributed by atoms with Crippen molar-refractivity contribution in [3.8, 4) is 0 Å². The van der Waals surface area contributed by atoms with Crippen LogP contribution in [0, 0.1) is 0 Å². The molecule has 0 aliphatic carbocycles. The van der Waals surface area contributed by atoms with Gasteiger partial charge in [0.1, 0.15) is 6.54 Å². The van der Waals surface area contributed by atoms with Crippen LogP contribution in [-0.4, -0.2) is 43.5 Å². The third-order valence-corrected chi connectivity index (χ3v) is 3.76. The Bertz CT molecular complexity index is 562. The molecule has 1 aromatic heterocycles. The Morgan fingerprint density at radius 3 is 2.18 bits per heavy atom. The van der Waals surface area contributed by atoms with Crippen molar-refractivity contribution in [3.05, 3.63) is 20.8 Å². The fourth-order valence-corrected chi connectivity index (χ4v) is 2.49. The van der Waals surface area contributed by atoms with Gasteiger partial charge in [-0.15, -0.1) is 11.3 Å². The van der Waals surface area contributed by atoms with Crippen molar-refractivity contribution >= 4 is 45.0 Å². The quantitative estimate of drug-likeness (QED) is 0.665. The van der Waals surface area contributed by atoms with E-state index in [-0.39, 0.29) is 6.54 Å². The summed E-state index contributed by atoms with van der Waals surface area (Å²) in [4.78, 5) is 34.4. The highest BCUT2D eigenvalue weighted by atomic mass is 79.9. The van der Waals surface area contributed by atoms with E-state index in [1.54, 1.807) is 17.4 Å². The first-order chi connectivity index (χ1) is 10.2. The van der Waals surface area contributed by atoms with Crippen molar-refractivity contribution in [2.75, 3.05) is 19.6 Å². The fraction of sp³-hybridized carbons (Fsp3) is 0.364. The van der Waals surface area contributed by atoms with E-state index in [0.717, 1.165) is 3.79 Å². The molecule has 0 aromatic carbocycles. The normalized spacial score (nSPS) is 10.9. The number of amides is 3. The number of nitrogens with one attached hydrogen (secondary N) is 3. The molecular weight excluding hydrogens is 391 g/mol. The molecule has 0 bridgehead atoms. The minimum atomic E-state index is -4.51. The van der Waals surface area contributed by atoms with Gasteiger partial charge in [0.15, 0.2) is 0 Å². The molecule has 11 heteroatoms. The van der Waals surface area contributed by atoms with Crippen molar-refractivity contribution in [1.82, 2.24) is 16.0 Å². The number of alkyl halides is 3. The first-order valence-corrected chi connectivity index (χ1v) is 7.42. The van der Waals surface area contributed by atoms with Gasteiger partial charge in [-0.2, -0.15) is 13.2 Å². The average molecular weight is 402 g/mol. The summed E-state index contributed by atoms with van der Waals surface area (Å²) < 4.78 is 36.3. The molecule has 22 heavy (non-hydrogen) atoms. The van der Waals surface area contributed by atoms with Gasteiger partial charge in [0, 0.05) is 0 Å². The molecule has 0 fully saturated rings. The SMILES string of the molecule is O=C(CNC(=O)CNC(=O)c1ccc(Br)s1)NCC(F)(F)F. The van der Waals surface area contributed by atoms with Crippen LogP contribution in [-0.2, 0) is 9.59 Å². The second kappa shape index (κ2) is 8.13. The maximum atomic E-state index is 11.8. The van der Waals surface area contributed by atoms with Crippen molar-refractivity contribution in [2.24, 2.45) is 0 Å². The van der Waals surface area contributed by atoms with Crippen molar-refractivity contribution in [3.63, 3.8) is 0 Å². The van der Waals surface area contributed by atoms with Crippen molar-refractivity contribution in [1.29, 1.82) is 0 Å². The van der Waals surface area contributed by atoms with Gasteiger partial charge >= 0.3 is 6.18 Å². The van der Waals surface area contributed by atoms with Crippen LogP contribution in [0.2, 0.25) is 0 Å². The van der Waals surface area contributed by atoms with Gasteiger partial charge in [0.2, 0.25) is 11.8 Å². The molecule has 0 spiro atoms. The van der Waals surface area contributed by atoms with Gasteiger partial charge < -0.3 is 16.0 Å². The van der Waals surface area contributed by atoms with Crippen molar-refractivity contribution in [2.45, 2.75) is 6.18 Å². The molecule has 1 heterocycles. The van der Waals surface area contributed by atoms with Gasteiger partial charge in [-0.05, 0) is 28.1 Å². The van der Waals surface area contributed by atoms with E-state index in [0.29, 0.717) is 4.88 Å². The van der Waals surface area contributed by atoms with Crippen LogP contribution in [0.3, 0.4) is 0 Å². The van der Waals surface area contributed by atoms with E-state index in [1.165, 1.54) is 11.3 Å². The zero-order chi connectivity index (χ0) is 16.8. The third-order valence-electron chi connectivity index (χ3n) is 2.14.